The topological polar surface area (TPSA) is 86.5 Å². The van der Waals surface area contributed by atoms with Gasteiger partial charge in [-0.25, -0.2) is 0 Å². The van der Waals surface area contributed by atoms with Crippen LogP contribution in [0.2, 0.25) is 0 Å². The molecule has 130 valence electrons. The van der Waals surface area contributed by atoms with Crippen LogP contribution >= 0.6 is 0 Å². The van der Waals surface area contributed by atoms with Crippen molar-refractivity contribution in [2.24, 2.45) is 0 Å². The van der Waals surface area contributed by atoms with Crippen molar-refractivity contribution in [3.05, 3.63) is 75.3 Å². The van der Waals surface area contributed by atoms with Crippen LogP contribution in [0.4, 0.5) is 5.69 Å². The van der Waals surface area contributed by atoms with Gasteiger partial charge in [0.25, 0.3) is 5.69 Å². The summed E-state index contributed by atoms with van der Waals surface area (Å²) in [6, 6.07) is 13.1. The average molecular weight is 341 g/mol. The van der Waals surface area contributed by atoms with Gasteiger partial charge in [0.1, 0.15) is 6.10 Å². The first kappa shape index (κ1) is 18.3. The maximum Gasteiger partial charge on any atom is 0.306 e. The van der Waals surface area contributed by atoms with Crippen molar-refractivity contribution in [3.8, 4) is 0 Å². The van der Waals surface area contributed by atoms with Gasteiger partial charge in [-0.15, -0.1) is 0 Å². The predicted molar refractivity (Wildman–Crippen MR) is 92.3 cm³/mol. The minimum atomic E-state index is -0.623. The molecule has 0 unspecified atom stereocenters. The fourth-order valence-electron chi connectivity index (χ4n) is 2.31. The number of non-ortho nitro benzene ring substituents is 1. The number of rotatable bonds is 7. The molecule has 0 saturated carbocycles. The molecule has 0 aliphatic rings. The van der Waals surface area contributed by atoms with Crippen molar-refractivity contribution >= 4 is 17.4 Å². The van der Waals surface area contributed by atoms with Crippen LogP contribution in [-0.4, -0.2) is 16.7 Å². The fraction of sp³-hybridized carbons (Fsp3) is 0.263. The van der Waals surface area contributed by atoms with E-state index in [2.05, 4.69) is 0 Å². The Morgan fingerprint density at radius 2 is 1.80 bits per heavy atom. The number of aryl methyl sites for hydroxylation is 1. The normalized spacial score (nSPS) is 11.6. The molecular weight excluding hydrogens is 322 g/mol. The molecule has 2 aromatic carbocycles. The number of hydrogen-bond acceptors (Lipinski definition) is 5. The van der Waals surface area contributed by atoms with Gasteiger partial charge >= 0.3 is 5.97 Å². The minimum Gasteiger partial charge on any atom is -0.458 e. The lowest BCUT2D eigenvalue weighted by molar-refractivity contribution is -0.385. The number of benzene rings is 2. The zero-order valence-electron chi connectivity index (χ0n) is 14.1. The van der Waals surface area contributed by atoms with Crippen molar-refractivity contribution in [2.45, 2.75) is 32.8 Å². The molecule has 1 atom stereocenters. The number of ether oxygens (including phenoxy) is 1. The Bertz CT molecular complexity index is 783. The van der Waals surface area contributed by atoms with Gasteiger partial charge in [-0.05, 0) is 19.4 Å². The monoisotopic (exact) mass is 341 g/mol. The Hall–Kier alpha value is -3.02. The first-order valence-corrected chi connectivity index (χ1v) is 7.90. The molecule has 2 aromatic rings. The van der Waals surface area contributed by atoms with E-state index in [4.69, 9.17) is 4.74 Å². The largest absolute Gasteiger partial charge is 0.458 e. The van der Waals surface area contributed by atoms with Gasteiger partial charge in [-0.1, -0.05) is 42.0 Å². The third-order valence-corrected chi connectivity index (χ3v) is 3.79. The van der Waals surface area contributed by atoms with Crippen molar-refractivity contribution in [2.75, 3.05) is 0 Å². The van der Waals surface area contributed by atoms with Gasteiger partial charge in [-0.3, -0.25) is 19.7 Å². The van der Waals surface area contributed by atoms with Crippen molar-refractivity contribution < 1.29 is 19.2 Å². The fourth-order valence-corrected chi connectivity index (χ4v) is 2.31. The predicted octanol–water partition coefficient (Wildman–Crippen LogP) is 4.17. The van der Waals surface area contributed by atoms with E-state index >= 15 is 0 Å². The van der Waals surface area contributed by atoms with E-state index in [1.54, 1.807) is 31.2 Å². The summed E-state index contributed by atoms with van der Waals surface area (Å²) in [5.41, 5.74) is 2.09. The molecule has 0 amide bonds. The van der Waals surface area contributed by atoms with E-state index in [1.165, 1.54) is 12.1 Å². The summed E-state index contributed by atoms with van der Waals surface area (Å²) in [6.07, 6.45) is -0.600. The van der Waals surface area contributed by atoms with Crippen molar-refractivity contribution in [1.82, 2.24) is 0 Å². The summed E-state index contributed by atoms with van der Waals surface area (Å²) in [6.45, 7) is 3.57. The van der Waals surface area contributed by atoms with Gasteiger partial charge in [-0.2, -0.15) is 0 Å². The Morgan fingerprint density at radius 3 is 2.44 bits per heavy atom. The highest BCUT2D eigenvalue weighted by Gasteiger charge is 2.16. The third-order valence-electron chi connectivity index (χ3n) is 3.79. The highest BCUT2D eigenvalue weighted by atomic mass is 16.6. The Morgan fingerprint density at radius 1 is 1.12 bits per heavy atom. The standard InChI is InChI=1S/C19H19NO5/c1-13-6-8-15(9-7-13)18(21)10-11-19(22)25-14(2)16-4-3-5-17(12-16)20(23)24/h3-9,12,14H,10-11H2,1-2H3/t14-/m0/s1. The van der Waals surface area contributed by atoms with E-state index in [-0.39, 0.29) is 24.3 Å². The highest BCUT2D eigenvalue weighted by Crippen LogP contribution is 2.22. The molecule has 0 saturated heterocycles. The molecule has 0 radical (unpaired) electrons. The SMILES string of the molecule is Cc1ccc(C(=O)CCC(=O)O[C@@H](C)c2cccc([N+](=O)[O-])c2)cc1. The van der Waals surface area contributed by atoms with Crippen LogP contribution in [0, 0.1) is 17.0 Å². The van der Waals surface area contributed by atoms with Crippen LogP contribution in [0.5, 0.6) is 0 Å². The van der Waals surface area contributed by atoms with E-state index in [0.29, 0.717) is 11.1 Å². The summed E-state index contributed by atoms with van der Waals surface area (Å²) >= 11 is 0. The Kier molecular flexibility index (Phi) is 6.00. The molecule has 0 bridgehead atoms. The maximum atomic E-state index is 12.1. The second-order valence-electron chi connectivity index (χ2n) is 5.77. The molecule has 0 aliphatic heterocycles. The number of ketones is 1. The molecule has 0 aliphatic carbocycles. The summed E-state index contributed by atoms with van der Waals surface area (Å²) < 4.78 is 5.26. The van der Waals surface area contributed by atoms with Gasteiger partial charge < -0.3 is 4.74 Å². The second-order valence-corrected chi connectivity index (χ2v) is 5.77. The van der Waals surface area contributed by atoms with E-state index in [0.717, 1.165) is 5.56 Å². The van der Waals surface area contributed by atoms with E-state index in [9.17, 15) is 19.7 Å². The van der Waals surface area contributed by atoms with Crippen LogP contribution in [0.15, 0.2) is 48.5 Å². The first-order chi connectivity index (χ1) is 11.9. The van der Waals surface area contributed by atoms with Crippen LogP contribution in [0.3, 0.4) is 0 Å². The summed E-state index contributed by atoms with van der Waals surface area (Å²) in [4.78, 5) is 34.3. The number of nitro groups is 1. The van der Waals surface area contributed by atoms with Crippen molar-refractivity contribution in [1.29, 1.82) is 0 Å². The molecule has 2 rings (SSSR count). The van der Waals surface area contributed by atoms with Crippen molar-refractivity contribution in [3.63, 3.8) is 0 Å². The summed E-state index contributed by atoms with van der Waals surface area (Å²) in [7, 11) is 0. The molecule has 0 aromatic heterocycles. The molecular formula is C19H19NO5. The Balaban J connectivity index is 1.89. The van der Waals surface area contributed by atoms with Crippen LogP contribution in [-0.2, 0) is 9.53 Å². The lowest BCUT2D eigenvalue weighted by Crippen LogP contribution is -2.11. The van der Waals surface area contributed by atoms with E-state index in [1.807, 2.05) is 19.1 Å². The van der Waals surface area contributed by atoms with Crippen LogP contribution in [0.1, 0.15) is 47.4 Å². The number of carbonyl (C=O) groups is 2. The number of Topliss-reactive ketones (excluding diaryl/α,β-unsaturated/α-hetero) is 1. The highest BCUT2D eigenvalue weighted by molar-refractivity contribution is 5.97. The van der Waals surface area contributed by atoms with E-state index < -0.39 is 17.0 Å². The minimum absolute atomic E-state index is 0.0357. The number of carbonyl (C=O) groups excluding carboxylic acids is 2. The smallest absolute Gasteiger partial charge is 0.306 e. The zero-order chi connectivity index (χ0) is 18.4. The number of hydrogen-bond donors (Lipinski definition) is 0. The van der Waals surface area contributed by atoms with Gasteiger partial charge in [0, 0.05) is 24.1 Å². The molecule has 0 fully saturated rings. The summed E-state index contributed by atoms with van der Waals surface area (Å²) in [5.74, 6) is -0.639. The van der Waals surface area contributed by atoms with Gasteiger partial charge in [0.2, 0.25) is 0 Å². The molecule has 6 nitrogen and oxygen atoms in total. The van der Waals surface area contributed by atoms with Crippen LogP contribution in [0.25, 0.3) is 0 Å². The number of esters is 1. The lowest BCUT2D eigenvalue weighted by Gasteiger charge is -2.13. The van der Waals surface area contributed by atoms with Gasteiger partial charge in [0.05, 0.1) is 11.3 Å². The second kappa shape index (κ2) is 8.19. The van der Waals surface area contributed by atoms with Crippen LogP contribution < -0.4 is 0 Å². The molecule has 25 heavy (non-hydrogen) atoms. The maximum absolute atomic E-state index is 12.1. The lowest BCUT2D eigenvalue weighted by atomic mass is 10.1. The summed E-state index contributed by atoms with van der Waals surface area (Å²) in [5, 5.41) is 10.8. The molecule has 0 heterocycles. The average Bonchev–Trinajstić information content (AvgIpc) is 2.60. The zero-order valence-corrected chi connectivity index (χ0v) is 14.1. The number of nitro benzene ring substituents is 1. The molecule has 6 heteroatoms. The van der Waals surface area contributed by atoms with Gasteiger partial charge in [0.15, 0.2) is 5.78 Å². The molecule has 0 N–H and O–H groups in total. The number of nitrogens with zero attached hydrogens (tertiary/aromatic N) is 1. The third kappa shape index (κ3) is 5.24. The quantitative estimate of drug-likeness (QED) is 0.326. The molecule has 0 spiro atoms. The first-order valence-electron chi connectivity index (χ1n) is 7.90. The Labute approximate surface area is 145 Å².